The summed E-state index contributed by atoms with van der Waals surface area (Å²) in [5, 5.41) is 4.16. The summed E-state index contributed by atoms with van der Waals surface area (Å²) in [6.07, 6.45) is 0.882. The quantitative estimate of drug-likeness (QED) is 0.621. The predicted molar refractivity (Wildman–Crippen MR) is 120 cm³/mol. The Morgan fingerprint density at radius 2 is 1.85 bits per heavy atom. The number of anilines is 2. The maximum Gasteiger partial charge on any atom is 0.326 e. The minimum absolute atomic E-state index is 0.0247. The van der Waals surface area contributed by atoms with Crippen LogP contribution in [0.5, 0.6) is 0 Å². The molecule has 0 unspecified atom stereocenters. The number of halogens is 1. The molecule has 8 nitrogen and oxygen atoms in total. The Labute approximate surface area is 191 Å². The first-order valence-electron chi connectivity index (χ1n) is 10.7. The molecule has 2 aromatic rings. The zero-order valence-corrected chi connectivity index (χ0v) is 18.5. The number of urea groups is 1. The zero-order chi connectivity index (χ0) is 24.0. The number of nitrogens with one attached hydrogen (secondary N) is 2. The van der Waals surface area contributed by atoms with Gasteiger partial charge in [0.05, 0.1) is 11.6 Å². The molecule has 3 rings (SSSR count). The lowest BCUT2D eigenvalue weighted by molar-refractivity contribution is -0.152. The maximum absolute atomic E-state index is 13.6. The van der Waals surface area contributed by atoms with E-state index in [0.717, 1.165) is 23.7 Å². The van der Waals surface area contributed by atoms with E-state index >= 15 is 0 Å². The molecule has 9 heteroatoms. The minimum Gasteiger partial charge on any atom is -0.455 e. The fraction of sp³-hybridized carbons (Fsp3) is 0.333. The molecule has 0 bridgehead atoms. The average molecular weight is 455 g/mol. The maximum atomic E-state index is 13.6. The first kappa shape index (κ1) is 23.9. The van der Waals surface area contributed by atoms with Crippen LogP contribution in [0.1, 0.15) is 38.2 Å². The first-order valence-corrected chi connectivity index (χ1v) is 10.7. The monoisotopic (exact) mass is 455 g/mol. The van der Waals surface area contributed by atoms with Gasteiger partial charge in [-0.3, -0.25) is 19.7 Å². The Hall–Kier alpha value is -3.75. The van der Waals surface area contributed by atoms with Crippen LogP contribution in [0.25, 0.3) is 0 Å². The van der Waals surface area contributed by atoms with Gasteiger partial charge in [-0.25, -0.2) is 9.18 Å². The van der Waals surface area contributed by atoms with Crippen LogP contribution in [0, 0.1) is 11.7 Å². The van der Waals surface area contributed by atoms with Crippen LogP contribution < -0.4 is 15.5 Å². The van der Waals surface area contributed by atoms with Crippen molar-refractivity contribution in [2.24, 2.45) is 5.92 Å². The third-order valence-corrected chi connectivity index (χ3v) is 5.55. The van der Waals surface area contributed by atoms with Crippen LogP contribution in [0.15, 0.2) is 48.5 Å². The van der Waals surface area contributed by atoms with Gasteiger partial charge in [-0.15, -0.1) is 0 Å². The second-order valence-corrected chi connectivity index (χ2v) is 7.86. The molecule has 0 aliphatic carbocycles. The van der Waals surface area contributed by atoms with E-state index in [9.17, 15) is 23.6 Å². The molecule has 1 saturated heterocycles. The fourth-order valence-electron chi connectivity index (χ4n) is 3.60. The lowest BCUT2D eigenvalue weighted by atomic mass is 9.96. The summed E-state index contributed by atoms with van der Waals surface area (Å²) in [4.78, 5) is 50.4. The molecule has 4 amide bonds. The summed E-state index contributed by atoms with van der Waals surface area (Å²) in [7, 11) is 0. The van der Waals surface area contributed by atoms with Gasteiger partial charge in [0.15, 0.2) is 6.61 Å². The van der Waals surface area contributed by atoms with Gasteiger partial charge < -0.3 is 15.0 Å². The van der Waals surface area contributed by atoms with E-state index in [1.165, 1.54) is 18.2 Å². The third-order valence-electron chi connectivity index (χ3n) is 5.55. The van der Waals surface area contributed by atoms with Gasteiger partial charge in [0.1, 0.15) is 5.82 Å². The van der Waals surface area contributed by atoms with Crippen LogP contribution in [0.2, 0.25) is 0 Å². The summed E-state index contributed by atoms with van der Waals surface area (Å²) in [5.41, 5.74) is 1.71. The van der Waals surface area contributed by atoms with Crippen LogP contribution in [0.3, 0.4) is 0 Å². The summed E-state index contributed by atoms with van der Waals surface area (Å²) in [5.74, 6) is -2.89. The van der Waals surface area contributed by atoms with Crippen molar-refractivity contribution in [3.63, 3.8) is 0 Å². The fourth-order valence-corrected chi connectivity index (χ4v) is 3.60. The highest BCUT2D eigenvalue weighted by Crippen LogP contribution is 2.33. The van der Waals surface area contributed by atoms with E-state index in [1.807, 2.05) is 29.6 Å². The Balaban J connectivity index is 1.52. The highest BCUT2D eigenvalue weighted by atomic mass is 19.1. The van der Waals surface area contributed by atoms with Crippen LogP contribution in [0.4, 0.5) is 20.6 Å². The molecule has 0 radical (unpaired) electrons. The van der Waals surface area contributed by atoms with Crippen molar-refractivity contribution in [1.29, 1.82) is 0 Å². The van der Waals surface area contributed by atoms with E-state index in [2.05, 4.69) is 19.2 Å². The molecule has 2 aromatic carbocycles. The average Bonchev–Trinajstić information content (AvgIpc) is 3.20. The molecule has 0 saturated carbocycles. The van der Waals surface area contributed by atoms with Crippen LogP contribution in [-0.4, -0.2) is 37.0 Å². The molecule has 1 aliphatic rings. The molecule has 2 atom stereocenters. The van der Waals surface area contributed by atoms with Gasteiger partial charge >= 0.3 is 12.0 Å². The van der Waals surface area contributed by atoms with E-state index in [1.54, 1.807) is 4.90 Å². The van der Waals surface area contributed by atoms with Gasteiger partial charge in [-0.2, -0.15) is 0 Å². The van der Waals surface area contributed by atoms with E-state index < -0.39 is 36.2 Å². The van der Waals surface area contributed by atoms with Gasteiger partial charge in [0.25, 0.3) is 5.91 Å². The zero-order valence-electron chi connectivity index (χ0n) is 18.5. The number of nitrogens with zero attached hydrogens (tertiary/aromatic N) is 1. The largest absolute Gasteiger partial charge is 0.455 e. The van der Waals surface area contributed by atoms with Crippen molar-refractivity contribution in [1.82, 2.24) is 5.32 Å². The van der Waals surface area contributed by atoms with E-state index in [0.29, 0.717) is 0 Å². The first-order chi connectivity index (χ1) is 15.8. The second kappa shape index (κ2) is 10.7. The Morgan fingerprint density at radius 3 is 2.58 bits per heavy atom. The van der Waals surface area contributed by atoms with Crippen molar-refractivity contribution in [2.75, 3.05) is 23.4 Å². The van der Waals surface area contributed by atoms with Crippen molar-refractivity contribution >= 4 is 35.2 Å². The standard InChI is InChI=1S/C24H26FN3O5/c1-3-15(2)17-8-4-7-11-20(17)28-13-16(12-22(28)30)23(31)33-14-21(29)27-24(32)26-19-10-6-5-9-18(19)25/h4-11,15-16H,3,12-14H2,1-2H3,(H2,26,27,29,32)/t15-,16-/m0/s1. The number of rotatable bonds is 7. The predicted octanol–water partition coefficient (Wildman–Crippen LogP) is 3.58. The summed E-state index contributed by atoms with van der Waals surface area (Å²) >= 11 is 0. The molecule has 1 aliphatic heterocycles. The molecular formula is C24H26FN3O5. The topological polar surface area (TPSA) is 105 Å². The number of esters is 1. The van der Waals surface area contributed by atoms with Gasteiger partial charge in [-0.1, -0.05) is 44.2 Å². The van der Waals surface area contributed by atoms with Crippen LogP contribution in [-0.2, 0) is 19.1 Å². The van der Waals surface area contributed by atoms with Crippen molar-refractivity contribution < 1.29 is 28.3 Å². The smallest absolute Gasteiger partial charge is 0.326 e. The number of amides is 4. The number of carbonyl (C=O) groups is 4. The number of imide groups is 1. The number of ether oxygens (including phenoxy) is 1. The Kier molecular flexibility index (Phi) is 7.76. The number of benzene rings is 2. The third kappa shape index (κ3) is 5.94. The van der Waals surface area contributed by atoms with Crippen molar-refractivity contribution in [3.05, 3.63) is 59.9 Å². The normalized spacial score (nSPS) is 16.3. The number of hydrogen-bond acceptors (Lipinski definition) is 5. The van der Waals surface area contributed by atoms with Crippen molar-refractivity contribution in [2.45, 2.75) is 32.6 Å². The van der Waals surface area contributed by atoms with E-state index in [-0.39, 0.29) is 30.5 Å². The molecule has 174 valence electrons. The second-order valence-electron chi connectivity index (χ2n) is 7.86. The van der Waals surface area contributed by atoms with Crippen molar-refractivity contribution in [3.8, 4) is 0 Å². The number of hydrogen-bond donors (Lipinski definition) is 2. The van der Waals surface area contributed by atoms with Crippen LogP contribution >= 0.6 is 0 Å². The molecular weight excluding hydrogens is 429 g/mol. The molecule has 1 heterocycles. The number of carbonyl (C=O) groups excluding carboxylic acids is 4. The summed E-state index contributed by atoms with van der Waals surface area (Å²) in [6.45, 7) is 3.60. The molecule has 2 N–H and O–H groups in total. The molecule has 0 aromatic heterocycles. The lowest BCUT2D eigenvalue weighted by Crippen LogP contribution is -2.38. The summed E-state index contributed by atoms with van der Waals surface area (Å²) < 4.78 is 18.6. The Morgan fingerprint density at radius 1 is 1.15 bits per heavy atom. The number of para-hydroxylation sites is 2. The van der Waals surface area contributed by atoms with E-state index in [4.69, 9.17) is 4.74 Å². The molecule has 33 heavy (non-hydrogen) atoms. The minimum atomic E-state index is -0.954. The SMILES string of the molecule is CC[C@H](C)c1ccccc1N1C[C@@H](C(=O)OCC(=O)NC(=O)Nc2ccccc2F)CC1=O. The highest BCUT2D eigenvalue weighted by Gasteiger charge is 2.37. The molecule has 1 fully saturated rings. The van der Waals surface area contributed by atoms with Gasteiger partial charge in [0, 0.05) is 18.7 Å². The molecule has 0 spiro atoms. The lowest BCUT2D eigenvalue weighted by Gasteiger charge is -2.23. The van der Waals surface area contributed by atoms with Gasteiger partial charge in [0.2, 0.25) is 5.91 Å². The van der Waals surface area contributed by atoms with Gasteiger partial charge in [-0.05, 0) is 36.1 Å². The summed E-state index contributed by atoms with van der Waals surface area (Å²) in [6, 6.07) is 12.1. The Bertz CT molecular complexity index is 1060. The highest BCUT2D eigenvalue weighted by molar-refractivity contribution is 6.03.